The summed E-state index contributed by atoms with van der Waals surface area (Å²) in [4.78, 5) is 13.4. The minimum Gasteiger partial charge on any atom is -0.290 e. The van der Waals surface area contributed by atoms with Crippen LogP contribution in [0, 0.1) is 0 Å². The van der Waals surface area contributed by atoms with E-state index < -0.39 is 0 Å². The van der Waals surface area contributed by atoms with E-state index in [9.17, 15) is 4.79 Å². The van der Waals surface area contributed by atoms with Gasteiger partial charge in [0.25, 0.3) is 0 Å². The second kappa shape index (κ2) is 6.51. The molecule has 32 heavy (non-hydrogen) atoms. The van der Waals surface area contributed by atoms with Crippen molar-refractivity contribution >= 4 is 5.78 Å². The number of rotatable bonds is 2. The molecule has 0 heterocycles. The third-order valence-corrected chi connectivity index (χ3v) is 7.26. The van der Waals surface area contributed by atoms with E-state index in [1.54, 1.807) is 6.08 Å². The van der Waals surface area contributed by atoms with Gasteiger partial charge < -0.3 is 0 Å². The van der Waals surface area contributed by atoms with Crippen LogP contribution in [0.5, 0.6) is 0 Å². The van der Waals surface area contributed by atoms with Gasteiger partial charge in [0.2, 0.25) is 0 Å². The van der Waals surface area contributed by atoms with E-state index in [-0.39, 0.29) is 17.6 Å². The van der Waals surface area contributed by atoms with Gasteiger partial charge in [0.1, 0.15) is 0 Å². The number of ketones is 1. The summed E-state index contributed by atoms with van der Waals surface area (Å²) in [6.07, 6.45) is 3.85. The fourth-order valence-corrected chi connectivity index (χ4v) is 6.01. The van der Waals surface area contributed by atoms with Crippen LogP contribution in [0.2, 0.25) is 0 Å². The number of hydrogen-bond acceptors (Lipinski definition) is 1. The Hall–Kier alpha value is -3.97. The number of benzene rings is 4. The first-order valence-electron chi connectivity index (χ1n) is 11.2. The summed E-state index contributed by atoms with van der Waals surface area (Å²) >= 11 is 0. The third-order valence-electron chi connectivity index (χ3n) is 7.26. The molecule has 0 amide bonds. The Balaban J connectivity index is 1.51. The zero-order chi connectivity index (χ0) is 21.2. The molecule has 4 aromatic rings. The Morgan fingerprint density at radius 2 is 0.812 bits per heavy atom. The first kappa shape index (κ1) is 17.7. The fraction of sp³-hybridized carbons (Fsp3) is 0.0645. The van der Waals surface area contributed by atoms with Crippen LogP contribution in [0.3, 0.4) is 0 Å². The van der Waals surface area contributed by atoms with Crippen LogP contribution in [0.4, 0.5) is 0 Å². The zero-order valence-corrected chi connectivity index (χ0v) is 17.5. The van der Waals surface area contributed by atoms with E-state index in [1.807, 2.05) is 0 Å². The lowest BCUT2D eigenvalue weighted by molar-refractivity contribution is -0.111. The Morgan fingerprint density at radius 1 is 0.438 bits per heavy atom. The molecule has 0 saturated carbocycles. The molecule has 0 aliphatic heterocycles. The van der Waals surface area contributed by atoms with Gasteiger partial charge in [0.15, 0.2) is 5.78 Å². The Bertz CT molecular complexity index is 1310. The van der Waals surface area contributed by atoms with Gasteiger partial charge in [0.05, 0.1) is 0 Å². The minimum atomic E-state index is -0.0279. The van der Waals surface area contributed by atoms with E-state index >= 15 is 0 Å². The molecule has 1 nitrogen and oxygen atoms in total. The summed E-state index contributed by atoms with van der Waals surface area (Å²) in [5, 5.41) is 0. The van der Waals surface area contributed by atoms with Crippen LogP contribution in [0.25, 0.3) is 22.3 Å². The van der Waals surface area contributed by atoms with Gasteiger partial charge in [-0.25, -0.2) is 0 Å². The molecule has 7 rings (SSSR count). The maximum Gasteiger partial charge on any atom is 0.183 e. The lowest BCUT2D eigenvalue weighted by Crippen LogP contribution is -2.12. The zero-order valence-electron chi connectivity index (χ0n) is 17.5. The maximum atomic E-state index is 13.4. The molecule has 0 unspecified atom stereocenters. The number of hydrogen-bond donors (Lipinski definition) is 0. The molecule has 0 bridgehead atoms. The number of fused-ring (bicyclic) bond motifs is 6. The Morgan fingerprint density at radius 3 is 1.25 bits per heavy atom. The van der Waals surface area contributed by atoms with Crippen LogP contribution >= 0.6 is 0 Å². The Labute approximate surface area is 187 Å². The van der Waals surface area contributed by atoms with E-state index in [1.165, 1.54) is 44.5 Å². The van der Waals surface area contributed by atoms with E-state index in [4.69, 9.17) is 0 Å². The van der Waals surface area contributed by atoms with Crippen molar-refractivity contribution < 1.29 is 4.79 Å². The average Bonchev–Trinajstić information content (AvgIpc) is 3.48. The monoisotopic (exact) mass is 408 g/mol. The topological polar surface area (TPSA) is 17.1 Å². The highest BCUT2D eigenvalue weighted by atomic mass is 16.1. The smallest absolute Gasteiger partial charge is 0.183 e. The second-order valence-corrected chi connectivity index (χ2v) is 8.78. The van der Waals surface area contributed by atoms with Crippen LogP contribution in [-0.4, -0.2) is 5.78 Å². The van der Waals surface area contributed by atoms with Gasteiger partial charge in [0, 0.05) is 17.4 Å². The predicted octanol–water partition coefficient (Wildman–Crippen LogP) is 7.05. The summed E-state index contributed by atoms with van der Waals surface area (Å²) in [6.45, 7) is 0. The molecule has 0 spiro atoms. The number of carbonyl (C=O) groups is 1. The minimum absolute atomic E-state index is 0.0279. The quantitative estimate of drug-likeness (QED) is 0.347. The molecule has 3 aliphatic carbocycles. The van der Waals surface area contributed by atoms with Gasteiger partial charge in [-0.05, 0) is 56.2 Å². The highest BCUT2D eigenvalue weighted by Crippen LogP contribution is 2.55. The predicted molar refractivity (Wildman–Crippen MR) is 129 cm³/mol. The van der Waals surface area contributed by atoms with Gasteiger partial charge in [-0.1, -0.05) is 103 Å². The van der Waals surface area contributed by atoms with Crippen molar-refractivity contribution in [3.63, 3.8) is 0 Å². The van der Waals surface area contributed by atoms with E-state index in [0.717, 1.165) is 11.1 Å². The van der Waals surface area contributed by atoms with Crippen molar-refractivity contribution in [1.29, 1.82) is 0 Å². The van der Waals surface area contributed by atoms with Gasteiger partial charge in [-0.3, -0.25) is 4.79 Å². The fourth-order valence-electron chi connectivity index (χ4n) is 6.01. The molecule has 4 aromatic carbocycles. The first-order chi connectivity index (χ1) is 15.8. The van der Waals surface area contributed by atoms with Crippen LogP contribution in [0.15, 0.2) is 120 Å². The number of carbonyl (C=O) groups excluding carboxylic acids is 1. The SMILES string of the molecule is O=C1C=CC(C2c3ccccc3-c3ccccc32)=C1C1c2ccccc2-c2ccccc21. The summed E-state index contributed by atoms with van der Waals surface area (Å²) in [6, 6.07) is 34.4. The molecule has 3 aliphatic rings. The van der Waals surface area contributed by atoms with E-state index in [2.05, 4.69) is 103 Å². The molecule has 0 atom stereocenters. The third kappa shape index (κ3) is 2.26. The normalized spacial score (nSPS) is 16.3. The van der Waals surface area contributed by atoms with Crippen LogP contribution in [-0.2, 0) is 4.79 Å². The highest BCUT2D eigenvalue weighted by Gasteiger charge is 2.40. The summed E-state index contributed by atoms with van der Waals surface area (Å²) in [5.74, 6) is 0.193. The molecule has 0 saturated heterocycles. The average molecular weight is 409 g/mol. The van der Waals surface area contributed by atoms with Gasteiger partial charge in [-0.15, -0.1) is 0 Å². The largest absolute Gasteiger partial charge is 0.290 e. The summed E-state index contributed by atoms with van der Waals surface area (Å²) < 4.78 is 0. The number of allylic oxidation sites excluding steroid dienone is 4. The summed E-state index contributed by atoms with van der Waals surface area (Å²) in [7, 11) is 0. The first-order valence-corrected chi connectivity index (χ1v) is 11.2. The van der Waals surface area contributed by atoms with E-state index in [0.29, 0.717) is 0 Å². The molecule has 0 aromatic heterocycles. The highest BCUT2D eigenvalue weighted by molar-refractivity contribution is 6.11. The second-order valence-electron chi connectivity index (χ2n) is 8.78. The molecule has 1 heteroatoms. The molecular weight excluding hydrogens is 388 g/mol. The molecule has 0 radical (unpaired) electrons. The van der Waals surface area contributed by atoms with Gasteiger partial charge >= 0.3 is 0 Å². The molecule has 0 N–H and O–H groups in total. The van der Waals surface area contributed by atoms with Crippen molar-refractivity contribution in [3.05, 3.63) is 143 Å². The van der Waals surface area contributed by atoms with Gasteiger partial charge in [-0.2, -0.15) is 0 Å². The van der Waals surface area contributed by atoms with Crippen LogP contribution < -0.4 is 0 Å². The van der Waals surface area contributed by atoms with Crippen LogP contribution in [0.1, 0.15) is 34.1 Å². The molecule has 0 fully saturated rings. The Kier molecular flexibility index (Phi) is 3.60. The lowest BCUT2D eigenvalue weighted by atomic mass is 9.80. The molecule has 150 valence electrons. The molecular formula is C31H20O. The van der Waals surface area contributed by atoms with Crippen molar-refractivity contribution in [2.45, 2.75) is 11.8 Å². The lowest BCUT2D eigenvalue weighted by Gasteiger charge is -2.21. The van der Waals surface area contributed by atoms with Crippen molar-refractivity contribution in [2.24, 2.45) is 0 Å². The standard InChI is InChI=1S/C31H20O/c32-28-18-17-27(29-23-13-5-1-9-19(23)20-10-2-6-14-24(20)29)31(28)30-25-15-7-3-11-21(25)22-12-4-8-16-26(22)30/h1-18,29-30H. The maximum absolute atomic E-state index is 13.4. The van der Waals surface area contributed by atoms with Crippen molar-refractivity contribution in [1.82, 2.24) is 0 Å². The van der Waals surface area contributed by atoms with Crippen molar-refractivity contribution in [2.75, 3.05) is 0 Å². The summed E-state index contributed by atoms with van der Waals surface area (Å²) in [5.41, 5.74) is 12.2. The van der Waals surface area contributed by atoms with Crippen molar-refractivity contribution in [3.8, 4) is 22.3 Å².